The highest BCUT2D eigenvalue weighted by molar-refractivity contribution is 9.10. The maximum atomic E-state index is 13.8. The summed E-state index contributed by atoms with van der Waals surface area (Å²) < 4.78 is 14.4. The summed E-state index contributed by atoms with van der Waals surface area (Å²) in [6.07, 6.45) is 5.88. The van der Waals surface area contributed by atoms with Gasteiger partial charge in [-0.3, -0.25) is 0 Å². The smallest absolute Gasteiger partial charge is 0.138 e. The largest absolute Gasteiger partial charge is 0.358 e. The van der Waals surface area contributed by atoms with Gasteiger partial charge in [0.2, 0.25) is 0 Å². The first kappa shape index (κ1) is 11.3. The van der Waals surface area contributed by atoms with Crippen LogP contribution >= 0.6 is 15.9 Å². The van der Waals surface area contributed by atoms with Crippen molar-refractivity contribution in [3.05, 3.63) is 33.2 Å². The van der Waals surface area contributed by atoms with E-state index in [1.807, 2.05) is 6.92 Å². The van der Waals surface area contributed by atoms with Crippen molar-refractivity contribution in [3.63, 3.8) is 0 Å². The van der Waals surface area contributed by atoms with Crippen molar-refractivity contribution in [1.82, 2.24) is 4.98 Å². The molecule has 0 amide bonds. The monoisotopic (exact) mass is 295 g/mol. The molecule has 1 aliphatic rings. The summed E-state index contributed by atoms with van der Waals surface area (Å²) >= 11 is 3.40. The van der Waals surface area contributed by atoms with E-state index in [1.54, 1.807) is 6.07 Å². The number of aryl methyl sites for hydroxylation is 3. The van der Waals surface area contributed by atoms with Crippen LogP contribution in [0.1, 0.15) is 36.1 Å². The van der Waals surface area contributed by atoms with Crippen molar-refractivity contribution in [2.45, 2.75) is 39.0 Å². The molecule has 17 heavy (non-hydrogen) atoms. The van der Waals surface area contributed by atoms with Crippen molar-refractivity contribution >= 4 is 26.8 Å². The topological polar surface area (TPSA) is 15.8 Å². The molecule has 0 saturated carbocycles. The standard InChI is InChI=1S/C14H15BrFN/c1-8-7-10(16)13(15)12-9-5-3-2-4-6-11(9)17-14(8)12/h7,17H,2-6H2,1H3. The van der Waals surface area contributed by atoms with Crippen LogP contribution in [-0.2, 0) is 12.8 Å². The molecule has 1 nitrogen and oxygen atoms in total. The maximum absolute atomic E-state index is 13.8. The molecule has 0 unspecified atom stereocenters. The highest BCUT2D eigenvalue weighted by atomic mass is 79.9. The van der Waals surface area contributed by atoms with E-state index in [-0.39, 0.29) is 5.82 Å². The third-order valence-corrected chi connectivity index (χ3v) is 4.49. The van der Waals surface area contributed by atoms with E-state index in [0.29, 0.717) is 4.47 Å². The number of benzene rings is 1. The minimum absolute atomic E-state index is 0.152. The predicted molar refractivity (Wildman–Crippen MR) is 72.0 cm³/mol. The average molecular weight is 296 g/mol. The molecule has 1 N–H and O–H groups in total. The van der Waals surface area contributed by atoms with E-state index >= 15 is 0 Å². The number of halogens is 2. The molecule has 0 radical (unpaired) electrons. The van der Waals surface area contributed by atoms with Crippen molar-refractivity contribution < 1.29 is 4.39 Å². The third kappa shape index (κ3) is 1.71. The van der Waals surface area contributed by atoms with Gasteiger partial charge in [0.25, 0.3) is 0 Å². The molecule has 2 aromatic rings. The number of nitrogens with one attached hydrogen (secondary N) is 1. The lowest BCUT2D eigenvalue weighted by molar-refractivity contribution is 0.622. The average Bonchev–Trinajstić information content (AvgIpc) is 2.51. The van der Waals surface area contributed by atoms with Gasteiger partial charge in [0.15, 0.2) is 0 Å². The van der Waals surface area contributed by atoms with Crippen LogP contribution < -0.4 is 0 Å². The van der Waals surface area contributed by atoms with Gasteiger partial charge in [-0.2, -0.15) is 0 Å². The Kier molecular flexibility index (Phi) is 2.74. The molecule has 3 heteroatoms. The molecule has 0 atom stereocenters. The Labute approximate surface area is 109 Å². The van der Waals surface area contributed by atoms with Gasteiger partial charge >= 0.3 is 0 Å². The zero-order valence-electron chi connectivity index (χ0n) is 9.87. The Hall–Kier alpha value is -0.830. The summed E-state index contributed by atoms with van der Waals surface area (Å²) in [5, 5.41) is 1.07. The van der Waals surface area contributed by atoms with Gasteiger partial charge in [-0.25, -0.2) is 4.39 Å². The lowest BCUT2D eigenvalue weighted by Crippen LogP contribution is -1.88. The van der Waals surface area contributed by atoms with Crippen LogP contribution in [-0.4, -0.2) is 4.98 Å². The molecule has 1 heterocycles. The second-order valence-electron chi connectivity index (χ2n) is 4.88. The molecule has 90 valence electrons. The second kappa shape index (κ2) is 4.13. The van der Waals surface area contributed by atoms with Crippen molar-refractivity contribution in [2.75, 3.05) is 0 Å². The number of fused-ring (bicyclic) bond motifs is 3. The number of aromatic nitrogens is 1. The van der Waals surface area contributed by atoms with Crippen LogP contribution in [0.25, 0.3) is 10.9 Å². The lowest BCUT2D eigenvalue weighted by atomic mass is 10.0. The molecule has 1 aromatic heterocycles. The number of hydrogen-bond donors (Lipinski definition) is 1. The minimum Gasteiger partial charge on any atom is -0.358 e. The summed E-state index contributed by atoms with van der Waals surface area (Å²) in [6.45, 7) is 1.97. The molecule has 0 saturated heterocycles. The van der Waals surface area contributed by atoms with Crippen LogP contribution in [0.4, 0.5) is 4.39 Å². The molecule has 1 aliphatic carbocycles. The third-order valence-electron chi connectivity index (χ3n) is 3.71. The Morgan fingerprint density at radius 2 is 2.00 bits per heavy atom. The van der Waals surface area contributed by atoms with E-state index < -0.39 is 0 Å². The number of aromatic amines is 1. The normalized spacial score (nSPS) is 15.9. The SMILES string of the molecule is Cc1cc(F)c(Br)c2c3c([nH]c12)CCCCC3. The van der Waals surface area contributed by atoms with Crippen molar-refractivity contribution in [2.24, 2.45) is 0 Å². The fraction of sp³-hybridized carbons (Fsp3) is 0.429. The highest BCUT2D eigenvalue weighted by Crippen LogP contribution is 2.36. The van der Waals surface area contributed by atoms with Gasteiger partial charge in [-0.15, -0.1) is 0 Å². The molecular formula is C14H15BrFN. The first-order valence-corrected chi connectivity index (χ1v) is 6.96. The summed E-state index contributed by atoms with van der Waals surface area (Å²) in [4.78, 5) is 3.50. The molecular weight excluding hydrogens is 281 g/mol. The Bertz CT molecular complexity index is 586. The highest BCUT2D eigenvalue weighted by Gasteiger charge is 2.19. The van der Waals surface area contributed by atoms with E-state index in [2.05, 4.69) is 20.9 Å². The van der Waals surface area contributed by atoms with Gasteiger partial charge in [-0.05, 0) is 65.7 Å². The molecule has 0 aliphatic heterocycles. The van der Waals surface area contributed by atoms with Crippen LogP contribution in [0.2, 0.25) is 0 Å². The maximum Gasteiger partial charge on any atom is 0.138 e. The van der Waals surface area contributed by atoms with Crippen LogP contribution in [0.5, 0.6) is 0 Å². The second-order valence-corrected chi connectivity index (χ2v) is 5.68. The zero-order chi connectivity index (χ0) is 12.0. The van der Waals surface area contributed by atoms with E-state index in [0.717, 1.165) is 29.3 Å². The fourth-order valence-electron chi connectivity index (χ4n) is 2.84. The van der Waals surface area contributed by atoms with Gasteiger partial charge < -0.3 is 4.98 Å². The van der Waals surface area contributed by atoms with Gasteiger partial charge in [0, 0.05) is 11.1 Å². The molecule has 1 aromatic carbocycles. The van der Waals surface area contributed by atoms with Gasteiger partial charge in [0.05, 0.1) is 9.99 Å². The predicted octanol–water partition coefficient (Wildman–Crippen LogP) is 4.65. The summed E-state index contributed by atoms with van der Waals surface area (Å²) in [5.41, 5.74) is 4.73. The number of hydrogen-bond acceptors (Lipinski definition) is 0. The quantitative estimate of drug-likeness (QED) is 0.681. The lowest BCUT2D eigenvalue weighted by Gasteiger charge is -2.04. The van der Waals surface area contributed by atoms with Crippen molar-refractivity contribution in [3.8, 4) is 0 Å². The molecule has 3 rings (SSSR count). The minimum atomic E-state index is -0.152. The summed E-state index contributed by atoms with van der Waals surface area (Å²) in [5.74, 6) is -0.152. The Morgan fingerprint density at radius 3 is 2.82 bits per heavy atom. The molecule has 0 bridgehead atoms. The van der Waals surface area contributed by atoms with Gasteiger partial charge in [0.1, 0.15) is 5.82 Å². The molecule has 0 fully saturated rings. The van der Waals surface area contributed by atoms with Crippen LogP contribution in [0.15, 0.2) is 10.5 Å². The van der Waals surface area contributed by atoms with Crippen LogP contribution in [0, 0.1) is 12.7 Å². The van der Waals surface area contributed by atoms with E-state index in [9.17, 15) is 4.39 Å². The first-order chi connectivity index (χ1) is 8.18. The van der Waals surface area contributed by atoms with E-state index in [4.69, 9.17) is 0 Å². The summed E-state index contributed by atoms with van der Waals surface area (Å²) in [7, 11) is 0. The number of rotatable bonds is 0. The Morgan fingerprint density at radius 1 is 1.24 bits per heavy atom. The first-order valence-electron chi connectivity index (χ1n) is 6.16. The fourth-order valence-corrected chi connectivity index (χ4v) is 3.40. The van der Waals surface area contributed by atoms with Crippen LogP contribution in [0.3, 0.4) is 0 Å². The Balaban J connectivity index is 2.36. The molecule has 0 spiro atoms. The van der Waals surface area contributed by atoms with Gasteiger partial charge in [-0.1, -0.05) is 6.42 Å². The number of H-pyrrole nitrogens is 1. The zero-order valence-corrected chi connectivity index (χ0v) is 11.5. The summed E-state index contributed by atoms with van der Waals surface area (Å²) in [6, 6.07) is 1.60. The van der Waals surface area contributed by atoms with E-state index in [1.165, 1.54) is 30.5 Å². The van der Waals surface area contributed by atoms with Crippen molar-refractivity contribution in [1.29, 1.82) is 0 Å².